The molecule has 5 heteroatoms. The quantitative estimate of drug-likeness (QED) is 0.326. The fraction of sp³-hybridized carbons (Fsp3) is 0.875. The van der Waals surface area contributed by atoms with Crippen LogP contribution in [0.15, 0.2) is 5.10 Å². The second-order valence-corrected chi connectivity index (χ2v) is 13.1. The average Bonchev–Trinajstić information content (AvgIpc) is 2.26. The van der Waals surface area contributed by atoms with E-state index >= 15 is 0 Å². The molecule has 0 fully saturated rings. The Kier molecular flexibility index (Phi) is 7.65. The van der Waals surface area contributed by atoms with Crippen LogP contribution >= 0.6 is 0 Å². The summed E-state index contributed by atoms with van der Waals surface area (Å²) >= 11 is 0. The number of rotatable bonds is 7. The van der Waals surface area contributed by atoms with Crippen LogP contribution in [-0.4, -0.2) is 26.5 Å². The number of hydrogen-bond donors (Lipinski definition) is 1. The molecule has 0 spiro atoms. The zero-order valence-electron chi connectivity index (χ0n) is 15.3. The normalized spacial score (nSPS) is 13.8. The summed E-state index contributed by atoms with van der Waals surface area (Å²) in [6.45, 7) is 20.1. The maximum Gasteiger partial charge on any atom is 0.311 e. The maximum absolute atomic E-state index is 11.5. The van der Waals surface area contributed by atoms with Gasteiger partial charge in [-0.15, -0.1) is 0 Å². The third-order valence-corrected chi connectivity index (χ3v) is 10.8. The zero-order chi connectivity index (χ0) is 16.8. The van der Waals surface area contributed by atoms with Crippen molar-refractivity contribution in [2.45, 2.75) is 84.9 Å². The number of esters is 1. The van der Waals surface area contributed by atoms with Crippen molar-refractivity contribution < 1.29 is 9.53 Å². The molecule has 4 nitrogen and oxygen atoms in total. The Morgan fingerprint density at radius 1 is 1.19 bits per heavy atom. The van der Waals surface area contributed by atoms with E-state index in [4.69, 9.17) is 4.74 Å². The largest absolute Gasteiger partial charge is 0.466 e. The van der Waals surface area contributed by atoms with E-state index in [1.54, 1.807) is 0 Å². The summed E-state index contributed by atoms with van der Waals surface area (Å²) in [7, 11) is -1.87. The van der Waals surface area contributed by atoms with Crippen molar-refractivity contribution in [3.63, 3.8) is 0 Å². The van der Waals surface area contributed by atoms with E-state index in [1.807, 2.05) is 13.8 Å². The number of hydrazone groups is 1. The number of carbonyl (C=O) groups excluding carboxylic acids is 1. The van der Waals surface area contributed by atoms with Gasteiger partial charge in [0.05, 0.1) is 13.0 Å². The lowest BCUT2D eigenvalue weighted by Gasteiger charge is -2.48. The Labute approximate surface area is 131 Å². The van der Waals surface area contributed by atoms with Gasteiger partial charge in [0.15, 0.2) is 8.24 Å². The minimum absolute atomic E-state index is 0.184. The Morgan fingerprint density at radius 3 is 2.00 bits per heavy atom. The van der Waals surface area contributed by atoms with Crippen molar-refractivity contribution in [1.29, 1.82) is 0 Å². The molecule has 0 aromatic rings. The van der Waals surface area contributed by atoms with Gasteiger partial charge in [-0.1, -0.05) is 48.5 Å². The summed E-state index contributed by atoms with van der Waals surface area (Å²) in [6, 6.07) is 0. The van der Waals surface area contributed by atoms with Gasteiger partial charge in [-0.2, -0.15) is 5.10 Å². The van der Waals surface area contributed by atoms with Crippen LogP contribution in [0.3, 0.4) is 0 Å². The lowest BCUT2D eigenvalue weighted by atomic mass is 10.2. The van der Waals surface area contributed by atoms with E-state index in [0.717, 1.165) is 5.71 Å². The Morgan fingerprint density at radius 2 is 1.67 bits per heavy atom. The molecule has 0 aliphatic carbocycles. The van der Waals surface area contributed by atoms with Gasteiger partial charge in [-0.3, -0.25) is 4.79 Å². The molecule has 0 bridgehead atoms. The molecule has 21 heavy (non-hydrogen) atoms. The summed E-state index contributed by atoms with van der Waals surface area (Å²) in [5.74, 6) is -0.210. The van der Waals surface area contributed by atoms with Crippen LogP contribution < -0.4 is 5.09 Å². The highest BCUT2D eigenvalue weighted by Gasteiger charge is 2.50. The Bertz CT molecular complexity index is 363. The van der Waals surface area contributed by atoms with E-state index in [-0.39, 0.29) is 17.4 Å². The molecule has 0 saturated carbocycles. The zero-order valence-corrected chi connectivity index (χ0v) is 16.3. The minimum Gasteiger partial charge on any atom is -0.466 e. The van der Waals surface area contributed by atoms with Gasteiger partial charge in [-0.05, 0) is 30.0 Å². The van der Waals surface area contributed by atoms with Crippen molar-refractivity contribution in [2.24, 2.45) is 5.10 Å². The van der Waals surface area contributed by atoms with Crippen LogP contribution in [0.1, 0.15) is 68.7 Å². The summed E-state index contributed by atoms with van der Waals surface area (Å²) in [5, 5.41) is 8.28. The molecule has 0 saturated heterocycles. The fourth-order valence-electron chi connectivity index (χ4n) is 3.47. The topological polar surface area (TPSA) is 50.7 Å². The molecule has 0 radical (unpaired) electrons. The number of ether oxygens (including phenoxy) is 1. The number of hydrogen-bond acceptors (Lipinski definition) is 4. The predicted octanol–water partition coefficient (Wildman–Crippen LogP) is 4.47. The van der Waals surface area contributed by atoms with Gasteiger partial charge in [0, 0.05) is 5.71 Å². The lowest BCUT2D eigenvalue weighted by molar-refractivity contribution is -0.141. The molecule has 0 heterocycles. The van der Waals surface area contributed by atoms with Crippen LogP contribution in [0.25, 0.3) is 0 Å². The van der Waals surface area contributed by atoms with Crippen molar-refractivity contribution in [3.05, 3.63) is 0 Å². The van der Waals surface area contributed by atoms with Gasteiger partial charge in [0.1, 0.15) is 0 Å². The summed E-state index contributed by atoms with van der Waals surface area (Å²) in [5.41, 5.74) is 1.89. The molecule has 124 valence electrons. The first kappa shape index (κ1) is 20.2. The molecule has 0 unspecified atom stereocenters. The van der Waals surface area contributed by atoms with Gasteiger partial charge >= 0.3 is 5.97 Å². The average molecular weight is 315 g/mol. The van der Waals surface area contributed by atoms with Crippen molar-refractivity contribution in [1.82, 2.24) is 5.09 Å². The van der Waals surface area contributed by atoms with Crippen molar-refractivity contribution in [3.8, 4) is 0 Å². The van der Waals surface area contributed by atoms with E-state index in [9.17, 15) is 4.79 Å². The number of carbonyl (C=O) groups is 1. The van der Waals surface area contributed by atoms with E-state index in [1.165, 1.54) is 0 Å². The van der Waals surface area contributed by atoms with Crippen molar-refractivity contribution in [2.75, 3.05) is 6.61 Å². The molecule has 0 aromatic carbocycles. The standard InChI is InChI=1S/C16H34N2O2Si/c1-10-20-15(19)11-14(6)17-18-21(12(2)3,13(4)5)16(7,8)9/h12-13,18H,10-11H2,1-9H3/b17-14+. The van der Waals surface area contributed by atoms with Crippen LogP contribution in [0.2, 0.25) is 16.1 Å². The van der Waals surface area contributed by atoms with Crippen LogP contribution in [0, 0.1) is 0 Å². The van der Waals surface area contributed by atoms with Gasteiger partial charge < -0.3 is 9.83 Å². The fourth-order valence-corrected chi connectivity index (χ4v) is 9.50. The molecule has 0 amide bonds. The van der Waals surface area contributed by atoms with Crippen LogP contribution in [0.4, 0.5) is 0 Å². The molecule has 0 aliphatic rings. The minimum atomic E-state index is -1.87. The van der Waals surface area contributed by atoms with Crippen LogP contribution in [0.5, 0.6) is 0 Å². The van der Waals surface area contributed by atoms with E-state index in [0.29, 0.717) is 17.7 Å². The highest BCUT2D eigenvalue weighted by atomic mass is 28.3. The third kappa shape index (κ3) is 5.13. The molecule has 0 aliphatic heterocycles. The van der Waals surface area contributed by atoms with E-state index in [2.05, 4.69) is 58.7 Å². The highest BCUT2D eigenvalue weighted by Crippen LogP contribution is 2.48. The Hall–Kier alpha value is -0.843. The van der Waals surface area contributed by atoms with Crippen LogP contribution in [-0.2, 0) is 9.53 Å². The molecule has 1 N–H and O–H groups in total. The number of nitrogens with zero attached hydrogens (tertiary/aromatic N) is 1. The van der Waals surface area contributed by atoms with Gasteiger partial charge in [0.25, 0.3) is 0 Å². The molecular weight excluding hydrogens is 280 g/mol. The van der Waals surface area contributed by atoms with Gasteiger partial charge in [-0.25, -0.2) is 0 Å². The SMILES string of the molecule is CCOC(=O)C/C(C)=N/N[Si](C(C)C)(C(C)C)C(C)(C)C. The lowest BCUT2D eigenvalue weighted by Crippen LogP contribution is -2.60. The maximum atomic E-state index is 11.5. The number of nitrogens with one attached hydrogen (secondary N) is 1. The smallest absolute Gasteiger partial charge is 0.311 e. The molecule has 0 atom stereocenters. The first-order chi connectivity index (χ1) is 9.49. The summed E-state index contributed by atoms with van der Waals surface area (Å²) in [4.78, 5) is 11.5. The highest BCUT2D eigenvalue weighted by molar-refractivity contribution is 6.82. The Balaban J connectivity index is 5.21. The first-order valence-electron chi connectivity index (χ1n) is 7.95. The monoisotopic (exact) mass is 314 g/mol. The van der Waals surface area contributed by atoms with E-state index < -0.39 is 8.24 Å². The third-order valence-electron chi connectivity index (χ3n) is 4.20. The molecule has 0 rings (SSSR count). The second-order valence-electron chi connectivity index (χ2n) is 7.37. The van der Waals surface area contributed by atoms with Crippen molar-refractivity contribution >= 4 is 19.9 Å². The molecule has 0 aromatic heterocycles. The summed E-state index contributed by atoms with van der Waals surface area (Å²) < 4.78 is 4.97. The molecular formula is C16H34N2O2Si. The first-order valence-corrected chi connectivity index (χ1v) is 10.1. The predicted molar refractivity (Wildman–Crippen MR) is 93.2 cm³/mol. The van der Waals surface area contributed by atoms with Gasteiger partial charge in [0.2, 0.25) is 0 Å². The second kappa shape index (κ2) is 7.97. The summed E-state index contributed by atoms with van der Waals surface area (Å²) in [6.07, 6.45) is 0.256.